The van der Waals surface area contributed by atoms with E-state index in [1.807, 2.05) is 7.05 Å². The van der Waals surface area contributed by atoms with Gasteiger partial charge in [-0.05, 0) is 43.5 Å². The average Bonchev–Trinajstić information content (AvgIpc) is 2.18. The molecule has 0 atom stereocenters. The van der Waals surface area contributed by atoms with Gasteiger partial charge in [-0.15, -0.1) is 0 Å². The average molecular weight is 270 g/mol. The number of nitrogens with one attached hydrogen (secondary N) is 1. The highest BCUT2D eigenvalue weighted by molar-refractivity contribution is 9.10. The van der Waals surface area contributed by atoms with E-state index in [1.165, 1.54) is 16.5 Å². The molecule has 0 saturated carbocycles. The van der Waals surface area contributed by atoms with Crippen LogP contribution in [0, 0.1) is 5.41 Å². The lowest BCUT2D eigenvalue weighted by Crippen LogP contribution is -2.21. The number of hydrogen-bond donors (Lipinski definition) is 1. The summed E-state index contributed by atoms with van der Waals surface area (Å²) in [6.45, 7) is 5.73. The molecule has 0 radical (unpaired) electrons. The van der Waals surface area contributed by atoms with E-state index in [9.17, 15) is 0 Å². The van der Waals surface area contributed by atoms with E-state index in [0.717, 1.165) is 13.0 Å². The smallest absolute Gasteiger partial charge is 0.0207 e. The van der Waals surface area contributed by atoms with E-state index in [2.05, 4.69) is 59.4 Å². The number of halogens is 1. The minimum Gasteiger partial charge on any atom is -0.320 e. The van der Waals surface area contributed by atoms with Gasteiger partial charge in [-0.1, -0.05) is 48.0 Å². The molecule has 0 bridgehead atoms. The summed E-state index contributed by atoms with van der Waals surface area (Å²) in [6.07, 6.45) is 2.32. The Labute approximate surface area is 101 Å². The van der Waals surface area contributed by atoms with Crippen molar-refractivity contribution in [3.63, 3.8) is 0 Å². The first-order valence-electron chi connectivity index (χ1n) is 5.43. The topological polar surface area (TPSA) is 12.0 Å². The summed E-state index contributed by atoms with van der Waals surface area (Å²) in [4.78, 5) is 0. The van der Waals surface area contributed by atoms with Gasteiger partial charge in [0.15, 0.2) is 0 Å². The van der Waals surface area contributed by atoms with Crippen LogP contribution in [-0.4, -0.2) is 13.6 Å². The van der Waals surface area contributed by atoms with Crippen LogP contribution in [0.25, 0.3) is 0 Å². The minimum atomic E-state index is 0.354. The second-order valence-electron chi connectivity index (χ2n) is 4.79. The monoisotopic (exact) mass is 269 g/mol. The maximum atomic E-state index is 3.60. The van der Waals surface area contributed by atoms with Gasteiger partial charge in [0.05, 0.1) is 0 Å². The normalized spacial score (nSPS) is 11.7. The Balaban J connectivity index is 2.64. The fourth-order valence-electron chi connectivity index (χ4n) is 1.71. The summed E-state index contributed by atoms with van der Waals surface area (Å²) < 4.78 is 1.22. The van der Waals surface area contributed by atoms with Crippen molar-refractivity contribution in [1.82, 2.24) is 5.32 Å². The van der Waals surface area contributed by atoms with Gasteiger partial charge in [0.1, 0.15) is 0 Å². The third-order valence-electron chi connectivity index (χ3n) is 2.68. The second kappa shape index (κ2) is 5.66. The summed E-state index contributed by atoms with van der Waals surface area (Å²) in [6, 6.07) is 8.48. The molecule has 84 valence electrons. The van der Waals surface area contributed by atoms with Crippen molar-refractivity contribution in [2.75, 3.05) is 13.6 Å². The molecule has 0 fully saturated rings. The van der Waals surface area contributed by atoms with Gasteiger partial charge in [0, 0.05) is 4.47 Å². The molecule has 0 aliphatic heterocycles. The summed E-state index contributed by atoms with van der Waals surface area (Å²) in [7, 11) is 2.01. The summed E-state index contributed by atoms with van der Waals surface area (Å²) in [5.74, 6) is 0. The molecule has 0 unspecified atom stereocenters. The number of hydrogen-bond acceptors (Lipinski definition) is 1. The van der Waals surface area contributed by atoms with Crippen molar-refractivity contribution >= 4 is 15.9 Å². The molecule has 0 aromatic heterocycles. The van der Waals surface area contributed by atoms with Crippen LogP contribution in [0.3, 0.4) is 0 Å². The molecule has 1 nitrogen and oxygen atoms in total. The van der Waals surface area contributed by atoms with Crippen LogP contribution in [0.5, 0.6) is 0 Å². The van der Waals surface area contributed by atoms with E-state index in [4.69, 9.17) is 0 Å². The van der Waals surface area contributed by atoms with Crippen LogP contribution in [-0.2, 0) is 6.42 Å². The zero-order valence-corrected chi connectivity index (χ0v) is 11.4. The van der Waals surface area contributed by atoms with Gasteiger partial charge in [0.25, 0.3) is 0 Å². The van der Waals surface area contributed by atoms with Crippen molar-refractivity contribution < 1.29 is 0 Å². The first-order valence-corrected chi connectivity index (χ1v) is 6.22. The summed E-state index contributed by atoms with van der Waals surface area (Å²) >= 11 is 3.60. The third-order valence-corrected chi connectivity index (χ3v) is 3.45. The maximum absolute atomic E-state index is 3.60. The molecular weight excluding hydrogens is 250 g/mol. The van der Waals surface area contributed by atoms with E-state index in [-0.39, 0.29) is 0 Å². The van der Waals surface area contributed by atoms with Gasteiger partial charge >= 0.3 is 0 Å². The quantitative estimate of drug-likeness (QED) is 0.861. The van der Waals surface area contributed by atoms with E-state index >= 15 is 0 Å². The van der Waals surface area contributed by atoms with Gasteiger partial charge in [-0.3, -0.25) is 0 Å². The zero-order chi connectivity index (χ0) is 11.3. The lowest BCUT2D eigenvalue weighted by molar-refractivity contribution is 0.329. The Kier molecular flexibility index (Phi) is 4.81. The molecule has 15 heavy (non-hydrogen) atoms. The predicted molar refractivity (Wildman–Crippen MR) is 70.2 cm³/mol. The largest absolute Gasteiger partial charge is 0.320 e. The lowest BCUT2D eigenvalue weighted by Gasteiger charge is -2.25. The van der Waals surface area contributed by atoms with Crippen LogP contribution < -0.4 is 5.32 Å². The molecule has 0 aliphatic carbocycles. The fraction of sp³-hybridized carbons (Fsp3) is 0.538. The van der Waals surface area contributed by atoms with Crippen molar-refractivity contribution in [3.05, 3.63) is 34.3 Å². The maximum Gasteiger partial charge on any atom is 0.0207 e. The Bertz CT molecular complexity index is 307. The van der Waals surface area contributed by atoms with Gasteiger partial charge in [-0.25, -0.2) is 0 Å². The Hall–Kier alpha value is -0.340. The summed E-state index contributed by atoms with van der Waals surface area (Å²) in [5, 5.41) is 3.21. The first kappa shape index (κ1) is 12.7. The van der Waals surface area contributed by atoms with E-state index in [1.54, 1.807) is 0 Å². The Morgan fingerprint density at radius 2 is 1.93 bits per heavy atom. The van der Waals surface area contributed by atoms with Crippen LogP contribution in [0.4, 0.5) is 0 Å². The number of benzene rings is 1. The fourth-order valence-corrected chi connectivity index (χ4v) is 2.13. The van der Waals surface area contributed by atoms with Crippen LogP contribution in [0.2, 0.25) is 0 Å². The van der Waals surface area contributed by atoms with Crippen LogP contribution in [0.1, 0.15) is 25.8 Å². The van der Waals surface area contributed by atoms with Crippen LogP contribution >= 0.6 is 15.9 Å². The molecular formula is C13H20BrN. The van der Waals surface area contributed by atoms with E-state index < -0.39 is 0 Å². The Morgan fingerprint density at radius 1 is 1.27 bits per heavy atom. The Morgan fingerprint density at radius 3 is 2.53 bits per heavy atom. The standard InChI is InChI=1S/C13H20BrN/c1-13(2,8-9-15-3)10-11-6-4-5-7-12(11)14/h4-7,15H,8-10H2,1-3H3. The SMILES string of the molecule is CNCCC(C)(C)Cc1ccccc1Br. The van der Waals surface area contributed by atoms with Crippen LogP contribution in [0.15, 0.2) is 28.7 Å². The van der Waals surface area contributed by atoms with Gasteiger partial charge < -0.3 is 5.32 Å². The molecule has 1 N–H and O–H groups in total. The second-order valence-corrected chi connectivity index (χ2v) is 5.64. The molecule has 0 heterocycles. The molecule has 1 aromatic carbocycles. The highest BCUT2D eigenvalue weighted by atomic mass is 79.9. The van der Waals surface area contributed by atoms with Crippen molar-refractivity contribution in [1.29, 1.82) is 0 Å². The molecule has 0 amide bonds. The molecule has 0 aliphatic rings. The molecule has 1 aromatic rings. The first-order chi connectivity index (χ1) is 7.05. The van der Waals surface area contributed by atoms with Gasteiger partial charge in [-0.2, -0.15) is 0 Å². The van der Waals surface area contributed by atoms with Crippen molar-refractivity contribution in [2.24, 2.45) is 5.41 Å². The predicted octanol–water partition coefficient (Wildman–Crippen LogP) is 3.63. The molecule has 0 spiro atoms. The van der Waals surface area contributed by atoms with Crippen molar-refractivity contribution in [3.8, 4) is 0 Å². The third kappa shape index (κ3) is 4.35. The molecule has 0 saturated heterocycles. The summed E-state index contributed by atoms with van der Waals surface area (Å²) in [5.41, 5.74) is 1.76. The zero-order valence-electron chi connectivity index (χ0n) is 9.81. The van der Waals surface area contributed by atoms with Gasteiger partial charge in [0.2, 0.25) is 0 Å². The number of rotatable bonds is 5. The lowest BCUT2D eigenvalue weighted by atomic mass is 9.83. The highest BCUT2D eigenvalue weighted by Crippen LogP contribution is 2.28. The molecule has 2 heteroatoms. The molecule has 1 rings (SSSR count). The highest BCUT2D eigenvalue weighted by Gasteiger charge is 2.18. The minimum absolute atomic E-state index is 0.354. The van der Waals surface area contributed by atoms with E-state index in [0.29, 0.717) is 5.41 Å². The van der Waals surface area contributed by atoms with Crippen molar-refractivity contribution in [2.45, 2.75) is 26.7 Å².